The Kier molecular flexibility index (Phi) is 3.77. The number of thiazole rings is 1. The first-order valence-electron chi connectivity index (χ1n) is 5.87. The Morgan fingerprint density at radius 2 is 2.00 bits per heavy atom. The number of aryl methyl sites for hydroxylation is 2. The first-order valence-corrected chi connectivity index (χ1v) is 6.69. The summed E-state index contributed by atoms with van der Waals surface area (Å²) in [5.74, 6) is -0.875. The molecule has 0 aliphatic rings. The van der Waals surface area contributed by atoms with Crippen LogP contribution in [0.15, 0.2) is 24.3 Å². The highest BCUT2D eigenvalue weighted by Crippen LogP contribution is 2.22. The van der Waals surface area contributed by atoms with E-state index in [2.05, 4.69) is 29.2 Å². The van der Waals surface area contributed by atoms with Crippen LogP contribution in [-0.4, -0.2) is 16.1 Å². The van der Waals surface area contributed by atoms with Crippen molar-refractivity contribution in [3.8, 4) is 0 Å². The molecule has 0 bridgehead atoms. The minimum Gasteiger partial charge on any atom is -0.477 e. The number of rotatable bonds is 4. The van der Waals surface area contributed by atoms with Crippen molar-refractivity contribution < 1.29 is 9.90 Å². The monoisotopic (exact) mass is 261 g/mol. The molecule has 2 rings (SSSR count). The highest BCUT2D eigenvalue weighted by Gasteiger charge is 2.15. The lowest BCUT2D eigenvalue weighted by molar-refractivity contribution is 0.0701. The third kappa shape index (κ3) is 2.76. The van der Waals surface area contributed by atoms with Crippen LogP contribution in [0.25, 0.3) is 0 Å². The quantitative estimate of drug-likeness (QED) is 0.918. The first-order chi connectivity index (χ1) is 8.60. The van der Waals surface area contributed by atoms with Gasteiger partial charge < -0.3 is 5.11 Å². The van der Waals surface area contributed by atoms with Crippen LogP contribution in [0.4, 0.5) is 0 Å². The molecule has 1 aromatic heterocycles. The molecule has 1 aromatic carbocycles. The maximum Gasteiger partial charge on any atom is 0.347 e. The average Bonchev–Trinajstić information content (AvgIpc) is 2.75. The molecule has 18 heavy (non-hydrogen) atoms. The molecule has 3 nitrogen and oxygen atoms in total. The summed E-state index contributed by atoms with van der Waals surface area (Å²) in [7, 11) is 0. The van der Waals surface area contributed by atoms with Crippen molar-refractivity contribution in [2.75, 3.05) is 0 Å². The molecule has 2 aromatic rings. The molecule has 0 unspecified atom stereocenters. The third-order valence-corrected chi connectivity index (χ3v) is 3.83. The smallest absolute Gasteiger partial charge is 0.347 e. The van der Waals surface area contributed by atoms with Gasteiger partial charge in [-0.15, -0.1) is 11.3 Å². The van der Waals surface area contributed by atoms with E-state index in [1.165, 1.54) is 16.9 Å². The van der Waals surface area contributed by atoms with Gasteiger partial charge in [-0.05, 0) is 18.9 Å². The number of carboxylic acid groups (broad SMARTS) is 1. The Labute approximate surface area is 110 Å². The molecule has 0 saturated carbocycles. The molecule has 0 saturated heterocycles. The third-order valence-electron chi connectivity index (χ3n) is 2.75. The Morgan fingerprint density at radius 3 is 2.50 bits per heavy atom. The molecule has 0 radical (unpaired) electrons. The van der Waals surface area contributed by atoms with Gasteiger partial charge in [0.1, 0.15) is 4.88 Å². The molecule has 0 fully saturated rings. The van der Waals surface area contributed by atoms with Crippen LogP contribution in [0.1, 0.15) is 38.4 Å². The molecule has 94 valence electrons. The highest BCUT2D eigenvalue weighted by molar-refractivity contribution is 7.13. The van der Waals surface area contributed by atoms with Gasteiger partial charge in [-0.2, -0.15) is 0 Å². The number of aromatic nitrogens is 1. The van der Waals surface area contributed by atoms with Crippen molar-refractivity contribution in [2.24, 2.45) is 0 Å². The van der Waals surface area contributed by atoms with Gasteiger partial charge in [0, 0.05) is 6.42 Å². The fraction of sp³-hybridized carbons (Fsp3) is 0.286. The predicted octanol–water partition coefficient (Wildman–Crippen LogP) is 3.30. The number of nitrogens with zero attached hydrogens (tertiary/aromatic N) is 1. The van der Waals surface area contributed by atoms with E-state index in [0.29, 0.717) is 23.4 Å². The standard InChI is InChI=1S/C14H15NO2S/c1-3-11-13(14(16)17)18-12(15-11)8-10-6-4-9(2)5-7-10/h4-7H,3,8H2,1-2H3,(H,16,17). The van der Waals surface area contributed by atoms with E-state index in [0.717, 1.165) is 10.6 Å². The number of carboxylic acids is 1. The average molecular weight is 261 g/mol. The number of hydrogen-bond acceptors (Lipinski definition) is 3. The van der Waals surface area contributed by atoms with E-state index >= 15 is 0 Å². The summed E-state index contributed by atoms with van der Waals surface area (Å²) in [6.07, 6.45) is 1.36. The van der Waals surface area contributed by atoms with E-state index in [1.807, 2.05) is 13.8 Å². The molecule has 4 heteroatoms. The lowest BCUT2D eigenvalue weighted by Crippen LogP contribution is -1.97. The lowest BCUT2D eigenvalue weighted by Gasteiger charge is -1.98. The van der Waals surface area contributed by atoms with Crippen molar-refractivity contribution in [2.45, 2.75) is 26.7 Å². The van der Waals surface area contributed by atoms with Crippen molar-refractivity contribution in [3.05, 3.63) is 51.0 Å². The van der Waals surface area contributed by atoms with E-state index in [4.69, 9.17) is 5.11 Å². The van der Waals surface area contributed by atoms with Gasteiger partial charge in [-0.3, -0.25) is 0 Å². The van der Waals surface area contributed by atoms with Gasteiger partial charge in [0.05, 0.1) is 10.7 Å². The minimum absolute atomic E-state index is 0.375. The second kappa shape index (κ2) is 5.31. The summed E-state index contributed by atoms with van der Waals surface area (Å²) in [4.78, 5) is 15.8. The van der Waals surface area contributed by atoms with Crippen molar-refractivity contribution in [1.82, 2.24) is 4.98 Å². The van der Waals surface area contributed by atoms with Crippen LogP contribution >= 0.6 is 11.3 Å². The zero-order chi connectivity index (χ0) is 13.1. The normalized spacial score (nSPS) is 10.6. The van der Waals surface area contributed by atoms with Gasteiger partial charge >= 0.3 is 5.97 Å². The summed E-state index contributed by atoms with van der Waals surface area (Å²) in [5.41, 5.74) is 3.07. The summed E-state index contributed by atoms with van der Waals surface area (Å²) in [5, 5.41) is 9.95. The summed E-state index contributed by atoms with van der Waals surface area (Å²) in [6, 6.07) is 8.23. The van der Waals surface area contributed by atoms with Crippen LogP contribution in [0.3, 0.4) is 0 Å². The van der Waals surface area contributed by atoms with Crippen molar-refractivity contribution in [1.29, 1.82) is 0 Å². The van der Waals surface area contributed by atoms with E-state index in [9.17, 15) is 4.79 Å². The molecular weight excluding hydrogens is 246 g/mol. The molecule has 0 amide bonds. The van der Waals surface area contributed by atoms with E-state index in [1.54, 1.807) is 0 Å². The number of benzene rings is 1. The Morgan fingerprint density at radius 1 is 1.33 bits per heavy atom. The molecule has 0 atom stereocenters. The Hall–Kier alpha value is -1.68. The molecule has 0 spiro atoms. The maximum absolute atomic E-state index is 11.1. The van der Waals surface area contributed by atoms with Crippen molar-refractivity contribution >= 4 is 17.3 Å². The molecule has 1 heterocycles. The molecule has 0 aliphatic heterocycles. The van der Waals surface area contributed by atoms with Gasteiger partial charge in [-0.1, -0.05) is 36.8 Å². The van der Waals surface area contributed by atoms with Gasteiger partial charge in [0.2, 0.25) is 0 Å². The SMILES string of the molecule is CCc1nc(Cc2ccc(C)cc2)sc1C(=O)O. The zero-order valence-corrected chi connectivity index (χ0v) is 11.3. The van der Waals surface area contributed by atoms with Crippen LogP contribution in [0.5, 0.6) is 0 Å². The fourth-order valence-electron chi connectivity index (χ4n) is 1.76. The summed E-state index contributed by atoms with van der Waals surface area (Å²) >= 11 is 1.28. The molecular formula is C14H15NO2S. The fourth-order valence-corrected chi connectivity index (χ4v) is 2.79. The second-order valence-corrected chi connectivity index (χ2v) is 5.29. The Bertz CT molecular complexity index is 558. The topological polar surface area (TPSA) is 50.2 Å². The molecule has 0 aliphatic carbocycles. The molecule has 1 N–H and O–H groups in total. The zero-order valence-electron chi connectivity index (χ0n) is 10.4. The lowest BCUT2D eigenvalue weighted by atomic mass is 10.1. The van der Waals surface area contributed by atoms with Crippen molar-refractivity contribution in [3.63, 3.8) is 0 Å². The number of hydrogen-bond donors (Lipinski definition) is 1. The maximum atomic E-state index is 11.1. The largest absolute Gasteiger partial charge is 0.477 e. The minimum atomic E-state index is -0.875. The van der Waals surface area contributed by atoms with Crippen LogP contribution in [-0.2, 0) is 12.8 Å². The van der Waals surface area contributed by atoms with E-state index < -0.39 is 5.97 Å². The van der Waals surface area contributed by atoms with Gasteiger partial charge in [0.15, 0.2) is 0 Å². The Balaban J connectivity index is 2.24. The summed E-state index contributed by atoms with van der Waals surface area (Å²) in [6.45, 7) is 3.97. The van der Waals surface area contributed by atoms with E-state index in [-0.39, 0.29) is 0 Å². The highest BCUT2D eigenvalue weighted by atomic mass is 32.1. The summed E-state index contributed by atoms with van der Waals surface area (Å²) < 4.78 is 0. The van der Waals surface area contributed by atoms with Gasteiger partial charge in [-0.25, -0.2) is 9.78 Å². The second-order valence-electron chi connectivity index (χ2n) is 4.20. The first kappa shape index (κ1) is 12.8. The van der Waals surface area contributed by atoms with Crippen LogP contribution in [0, 0.1) is 6.92 Å². The number of aromatic carboxylic acids is 1. The van der Waals surface area contributed by atoms with Crippen LogP contribution < -0.4 is 0 Å². The number of carbonyl (C=O) groups is 1. The van der Waals surface area contributed by atoms with Crippen LogP contribution in [0.2, 0.25) is 0 Å². The predicted molar refractivity (Wildman–Crippen MR) is 72.4 cm³/mol. The van der Waals surface area contributed by atoms with Gasteiger partial charge in [0.25, 0.3) is 0 Å².